The van der Waals surface area contributed by atoms with E-state index in [1.165, 1.54) is 16.7 Å². The lowest BCUT2D eigenvalue weighted by Crippen LogP contribution is -2.40. The summed E-state index contributed by atoms with van der Waals surface area (Å²) in [5, 5.41) is 8.98. The van der Waals surface area contributed by atoms with Crippen molar-refractivity contribution in [1.29, 1.82) is 0 Å². The summed E-state index contributed by atoms with van der Waals surface area (Å²) >= 11 is 0. The molecule has 0 radical (unpaired) electrons. The predicted molar refractivity (Wildman–Crippen MR) is 73.0 cm³/mol. The van der Waals surface area contributed by atoms with Crippen LogP contribution in [0.1, 0.15) is 19.3 Å². The van der Waals surface area contributed by atoms with E-state index < -0.39 is 10.0 Å². The van der Waals surface area contributed by atoms with E-state index in [-0.39, 0.29) is 23.4 Å². The van der Waals surface area contributed by atoms with E-state index in [2.05, 4.69) is 15.4 Å². The van der Waals surface area contributed by atoms with Crippen molar-refractivity contribution >= 4 is 16.0 Å². The molecule has 9 heteroatoms. The molecule has 2 heterocycles. The van der Waals surface area contributed by atoms with Gasteiger partial charge in [-0.2, -0.15) is 4.31 Å². The number of nitrogen functional groups attached to an aromatic ring is 1. The van der Waals surface area contributed by atoms with Crippen molar-refractivity contribution in [3.63, 3.8) is 0 Å². The van der Waals surface area contributed by atoms with Gasteiger partial charge in [0.15, 0.2) is 0 Å². The van der Waals surface area contributed by atoms with Crippen molar-refractivity contribution in [3.8, 4) is 0 Å². The average Bonchev–Trinajstić information content (AvgIpc) is 2.48. The van der Waals surface area contributed by atoms with Gasteiger partial charge < -0.3 is 5.11 Å². The van der Waals surface area contributed by atoms with Crippen LogP contribution in [-0.2, 0) is 10.0 Å². The number of aromatic nitrogens is 2. The molecule has 0 saturated carbocycles. The molecule has 1 aromatic rings. The minimum atomic E-state index is -3.58. The quantitative estimate of drug-likeness (QED) is 0.497. The Hall–Kier alpha value is -1.29. The molecular weight excluding hydrogens is 282 g/mol. The summed E-state index contributed by atoms with van der Waals surface area (Å²) in [6, 6.07) is 0. The van der Waals surface area contributed by atoms with Crippen LogP contribution in [0.5, 0.6) is 0 Å². The number of nitrogens with one attached hydrogen (secondary N) is 1. The maximum absolute atomic E-state index is 12.5. The molecule has 1 aliphatic heterocycles. The molecule has 0 spiro atoms. The van der Waals surface area contributed by atoms with E-state index in [1.807, 2.05) is 0 Å². The lowest BCUT2D eigenvalue weighted by atomic mass is 9.97. The SMILES string of the molecule is NNc1ncc(S(=O)(=O)N2CCCC(CCO)C2)cn1. The molecule has 1 atom stereocenters. The number of hydrogen-bond acceptors (Lipinski definition) is 7. The number of sulfonamides is 1. The zero-order valence-electron chi connectivity index (χ0n) is 11.1. The highest BCUT2D eigenvalue weighted by Gasteiger charge is 2.30. The second-order valence-corrected chi connectivity index (χ2v) is 6.71. The molecule has 0 amide bonds. The third-order valence-electron chi connectivity index (χ3n) is 3.41. The fraction of sp³-hybridized carbons (Fsp3) is 0.636. The van der Waals surface area contributed by atoms with Gasteiger partial charge in [0.25, 0.3) is 0 Å². The molecule has 0 aliphatic carbocycles. The van der Waals surface area contributed by atoms with Crippen LogP contribution in [0.4, 0.5) is 5.95 Å². The summed E-state index contributed by atoms with van der Waals surface area (Å²) in [5.74, 6) is 5.52. The number of nitrogens with two attached hydrogens (primary N) is 1. The van der Waals surface area contributed by atoms with E-state index in [1.54, 1.807) is 0 Å². The number of hydrazine groups is 1. The molecule has 1 fully saturated rings. The Bertz CT molecular complexity index is 531. The van der Waals surface area contributed by atoms with Gasteiger partial charge >= 0.3 is 0 Å². The first-order chi connectivity index (χ1) is 9.57. The Balaban J connectivity index is 2.16. The zero-order valence-corrected chi connectivity index (χ0v) is 11.9. The molecule has 1 unspecified atom stereocenters. The van der Waals surface area contributed by atoms with Crippen LogP contribution in [0, 0.1) is 5.92 Å². The van der Waals surface area contributed by atoms with E-state index in [0.29, 0.717) is 19.5 Å². The lowest BCUT2D eigenvalue weighted by molar-refractivity contribution is 0.203. The van der Waals surface area contributed by atoms with Crippen molar-refractivity contribution in [2.24, 2.45) is 11.8 Å². The predicted octanol–water partition coefficient (Wildman–Crippen LogP) is -0.455. The summed E-state index contributed by atoms with van der Waals surface area (Å²) in [6.07, 6.45) is 4.85. The number of hydrogen-bond donors (Lipinski definition) is 3. The van der Waals surface area contributed by atoms with E-state index in [4.69, 9.17) is 10.9 Å². The van der Waals surface area contributed by atoms with Crippen molar-refractivity contribution < 1.29 is 13.5 Å². The Morgan fingerprint density at radius 2 is 2.15 bits per heavy atom. The summed E-state index contributed by atoms with van der Waals surface area (Å²) in [6.45, 7) is 0.999. The van der Waals surface area contributed by atoms with Gasteiger partial charge in [-0.1, -0.05) is 0 Å². The highest BCUT2D eigenvalue weighted by molar-refractivity contribution is 7.89. The monoisotopic (exact) mass is 301 g/mol. The van der Waals surface area contributed by atoms with Crippen LogP contribution in [0.2, 0.25) is 0 Å². The maximum atomic E-state index is 12.5. The van der Waals surface area contributed by atoms with Gasteiger partial charge in [-0.25, -0.2) is 24.2 Å². The van der Waals surface area contributed by atoms with Gasteiger partial charge in [-0.3, -0.25) is 5.43 Å². The standard InChI is InChI=1S/C11H19N5O3S/c12-15-11-13-6-10(7-14-11)20(18,19)16-4-1-2-9(8-16)3-5-17/h6-7,9,17H,1-5,8,12H2,(H,13,14,15). The van der Waals surface area contributed by atoms with Crippen molar-refractivity contribution in [1.82, 2.24) is 14.3 Å². The number of nitrogens with zero attached hydrogens (tertiary/aromatic N) is 3. The Labute approximate surface area is 118 Å². The minimum absolute atomic E-state index is 0.0566. The Kier molecular flexibility index (Phi) is 4.86. The summed E-state index contributed by atoms with van der Waals surface area (Å²) in [5.41, 5.74) is 2.25. The van der Waals surface area contributed by atoms with Crippen LogP contribution in [-0.4, -0.2) is 47.5 Å². The normalized spacial score (nSPS) is 20.8. The molecule has 0 aromatic carbocycles. The summed E-state index contributed by atoms with van der Waals surface area (Å²) < 4.78 is 26.4. The second kappa shape index (κ2) is 6.44. The molecular formula is C11H19N5O3S. The van der Waals surface area contributed by atoms with Crippen molar-refractivity contribution in [3.05, 3.63) is 12.4 Å². The minimum Gasteiger partial charge on any atom is -0.396 e. The van der Waals surface area contributed by atoms with Crippen LogP contribution < -0.4 is 11.3 Å². The summed E-state index contributed by atoms with van der Waals surface area (Å²) in [4.78, 5) is 7.70. The van der Waals surface area contributed by atoms with Gasteiger partial charge in [-0.05, 0) is 25.2 Å². The first-order valence-electron chi connectivity index (χ1n) is 6.47. The van der Waals surface area contributed by atoms with Gasteiger partial charge in [0.2, 0.25) is 16.0 Å². The van der Waals surface area contributed by atoms with E-state index >= 15 is 0 Å². The van der Waals surface area contributed by atoms with Gasteiger partial charge in [0, 0.05) is 19.7 Å². The number of piperidine rings is 1. The summed E-state index contributed by atoms with van der Waals surface area (Å²) in [7, 11) is -3.58. The first kappa shape index (κ1) is 15.1. The molecule has 1 saturated heterocycles. The van der Waals surface area contributed by atoms with Crippen LogP contribution in [0.15, 0.2) is 17.3 Å². The Morgan fingerprint density at radius 3 is 2.75 bits per heavy atom. The Morgan fingerprint density at radius 1 is 1.45 bits per heavy atom. The van der Waals surface area contributed by atoms with Gasteiger partial charge in [-0.15, -0.1) is 0 Å². The van der Waals surface area contributed by atoms with E-state index in [0.717, 1.165) is 12.8 Å². The molecule has 1 aromatic heterocycles. The molecule has 0 bridgehead atoms. The third kappa shape index (κ3) is 3.23. The van der Waals surface area contributed by atoms with Gasteiger partial charge in [0.05, 0.1) is 12.4 Å². The zero-order chi connectivity index (χ0) is 14.6. The molecule has 20 heavy (non-hydrogen) atoms. The largest absolute Gasteiger partial charge is 0.396 e. The number of aliphatic hydroxyl groups is 1. The highest BCUT2D eigenvalue weighted by Crippen LogP contribution is 2.24. The topological polar surface area (TPSA) is 121 Å². The molecule has 8 nitrogen and oxygen atoms in total. The van der Waals surface area contributed by atoms with Crippen molar-refractivity contribution in [2.75, 3.05) is 25.1 Å². The van der Waals surface area contributed by atoms with Crippen molar-refractivity contribution in [2.45, 2.75) is 24.2 Å². The number of aliphatic hydroxyl groups excluding tert-OH is 1. The fourth-order valence-corrected chi connectivity index (χ4v) is 3.78. The number of rotatable bonds is 5. The molecule has 4 N–H and O–H groups in total. The molecule has 112 valence electrons. The molecule has 1 aliphatic rings. The molecule has 2 rings (SSSR count). The highest BCUT2D eigenvalue weighted by atomic mass is 32.2. The second-order valence-electron chi connectivity index (χ2n) is 4.77. The van der Waals surface area contributed by atoms with Crippen LogP contribution >= 0.6 is 0 Å². The number of anilines is 1. The fourth-order valence-electron chi connectivity index (χ4n) is 2.34. The third-order valence-corrected chi connectivity index (χ3v) is 5.23. The lowest BCUT2D eigenvalue weighted by Gasteiger charge is -2.31. The smallest absolute Gasteiger partial charge is 0.246 e. The van der Waals surface area contributed by atoms with E-state index in [9.17, 15) is 8.42 Å². The van der Waals surface area contributed by atoms with Gasteiger partial charge in [0.1, 0.15) is 4.90 Å². The average molecular weight is 301 g/mol. The van der Waals surface area contributed by atoms with Crippen LogP contribution in [0.25, 0.3) is 0 Å². The van der Waals surface area contributed by atoms with Crippen LogP contribution in [0.3, 0.4) is 0 Å². The maximum Gasteiger partial charge on any atom is 0.246 e. The first-order valence-corrected chi connectivity index (χ1v) is 7.91.